The Hall–Kier alpha value is -4.09. The Morgan fingerprint density at radius 2 is 1.95 bits per heavy atom. The highest BCUT2D eigenvalue weighted by molar-refractivity contribution is 6.07. The smallest absolute Gasteiger partial charge is 0.252 e. The summed E-state index contributed by atoms with van der Waals surface area (Å²) in [6, 6.07) is 12.0. The van der Waals surface area contributed by atoms with E-state index in [1.54, 1.807) is 17.0 Å². The molecule has 0 radical (unpaired) electrons. The van der Waals surface area contributed by atoms with Gasteiger partial charge >= 0.3 is 0 Å². The largest absolute Gasteiger partial charge is 0.390 e. The molecule has 2 bridgehead atoms. The van der Waals surface area contributed by atoms with Gasteiger partial charge in [0.1, 0.15) is 0 Å². The first-order valence-corrected chi connectivity index (χ1v) is 13.0. The van der Waals surface area contributed by atoms with E-state index in [1.165, 1.54) is 5.56 Å². The molecule has 1 fully saturated rings. The van der Waals surface area contributed by atoms with Crippen LogP contribution in [0.25, 0.3) is 17.1 Å². The van der Waals surface area contributed by atoms with Crippen LogP contribution in [-0.4, -0.2) is 64.2 Å². The van der Waals surface area contributed by atoms with Crippen LogP contribution < -0.4 is 10.6 Å². The zero-order chi connectivity index (χ0) is 26.2. The van der Waals surface area contributed by atoms with E-state index in [4.69, 9.17) is 9.97 Å². The average molecular weight is 515 g/mol. The monoisotopic (exact) mass is 514 g/mol. The van der Waals surface area contributed by atoms with Crippen molar-refractivity contribution in [3.05, 3.63) is 66.0 Å². The molecule has 4 atom stereocenters. The Kier molecular flexibility index (Phi) is 6.38. The van der Waals surface area contributed by atoms with Gasteiger partial charge in [-0.1, -0.05) is 43.3 Å². The second kappa shape index (κ2) is 9.99. The molecular weight excluding hydrogens is 484 g/mol. The number of nitrogens with zero attached hydrogens (tertiary/aromatic N) is 6. The molecule has 4 N–H and O–H groups in total. The van der Waals surface area contributed by atoms with Crippen molar-refractivity contribution in [2.45, 2.75) is 44.9 Å². The molecule has 1 aromatic carbocycles. The minimum absolute atomic E-state index is 0.216. The quantitative estimate of drug-likeness (QED) is 0.267. The number of fused-ring (bicyclic) bond motifs is 3. The first kappa shape index (κ1) is 24.3. The lowest BCUT2D eigenvalue weighted by molar-refractivity contribution is -0.114. The Bertz CT molecular complexity index is 1480. The number of rotatable bonds is 9. The molecule has 1 amide bonds. The number of aryl methyl sites for hydroxylation is 1. The lowest BCUT2D eigenvalue weighted by Gasteiger charge is -2.22. The molecule has 2 aliphatic carbocycles. The van der Waals surface area contributed by atoms with Gasteiger partial charge in [-0.2, -0.15) is 15.1 Å². The van der Waals surface area contributed by atoms with Crippen molar-refractivity contribution < 1.29 is 15.0 Å². The van der Waals surface area contributed by atoms with E-state index < -0.39 is 18.1 Å². The summed E-state index contributed by atoms with van der Waals surface area (Å²) in [5.74, 6) is 0.273. The number of imidazole rings is 1. The van der Waals surface area contributed by atoms with Gasteiger partial charge in [-0.25, -0.2) is 9.67 Å². The van der Waals surface area contributed by atoms with Gasteiger partial charge < -0.3 is 20.8 Å². The molecule has 4 aromatic rings. The van der Waals surface area contributed by atoms with Crippen LogP contribution in [0.4, 0.5) is 11.8 Å². The van der Waals surface area contributed by atoms with Crippen molar-refractivity contribution in [3.8, 4) is 5.95 Å². The zero-order valence-electron chi connectivity index (χ0n) is 21.0. The third-order valence-corrected chi connectivity index (χ3v) is 7.28. The van der Waals surface area contributed by atoms with Crippen molar-refractivity contribution in [1.29, 1.82) is 0 Å². The van der Waals surface area contributed by atoms with Crippen LogP contribution in [-0.2, 0) is 17.8 Å². The van der Waals surface area contributed by atoms with E-state index in [0.29, 0.717) is 48.1 Å². The third kappa shape index (κ3) is 4.33. The second-order valence-electron chi connectivity index (χ2n) is 9.81. The molecule has 3 aromatic heterocycles. The number of carbonyl (C=O) groups is 1. The van der Waals surface area contributed by atoms with Crippen LogP contribution in [0.3, 0.4) is 0 Å². The molecule has 11 heteroatoms. The van der Waals surface area contributed by atoms with Gasteiger partial charge in [0, 0.05) is 42.9 Å². The number of anilines is 2. The Morgan fingerprint density at radius 3 is 2.66 bits per heavy atom. The minimum Gasteiger partial charge on any atom is -0.390 e. The van der Waals surface area contributed by atoms with E-state index >= 15 is 0 Å². The summed E-state index contributed by atoms with van der Waals surface area (Å²) in [6.07, 6.45) is 5.67. The van der Waals surface area contributed by atoms with Crippen molar-refractivity contribution in [2.24, 2.45) is 11.8 Å². The van der Waals surface area contributed by atoms with Crippen LogP contribution in [0.5, 0.6) is 0 Å². The Morgan fingerprint density at radius 1 is 1.11 bits per heavy atom. The van der Waals surface area contributed by atoms with Crippen LogP contribution in [0.2, 0.25) is 0 Å². The predicted octanol–water partition coefficient (Wildman–Crippen LogP) is 2.31. The van der Waals surface area contributed by atoms with Crippen LogP contribution in [0, 0.1) is 11.8 Å². The number of aromatic nitrogens is 6. The van der Waals surface area contributed by atoms with E-state index in [-0.39, 0.29) is 17.6 Å². The Labute approximate surface area is 219 Å². The first-order chi connectivity index (χ1) is 18.5. The standard InChI is InChI=1S/C27H30N8O3/c1-2-12-34-24-20(30-27(34)35-13-6-10-29-35)23(31-25(38)19-15-17-14-18(19)22(37)21(17)36)32-26(33-24)28-11-9-16-7-4-3-5-8-16/h3-8,10,13,15,17-18,21-22,36-37H,2,9,11-12,14H2,1H3,(H2,28,31,32,33,38). The fourth-order valence-electron chi connectivity index (χ4n) is 5.43. The van der Waals surface area contributed by atoms with Crippen molar-refractivity contribution in [1.82, 2.24) is 29.3 Å². The van der Waals surface area contributed by atoms with Crippen LogP contribution >= 0.6 is 0 Å². The maximum Gasteiger partial charge on any atom is 0.252 e. The van der Waals surface area contributed by atoms with Crippen molar-refractivity contribution in [3.63, 3.8) is 0 Å². The molecule has 0 aliphatic heterocycles. The van der Waals surface area contributed by atoms with Gasteiger partial charge in [-0.15, -0.1) is 0 Å². The molecule has 3 heterocycles. The maximum atomic E-state index is 13.4. The van der Waals surface area contributed by atoms with Gasteiger partial charge in [0.05, 0.1) is 12.2 Å². The maximum absolute atomic E-state index is 13.4. The molecule has 6 rings (SSSR count). The van der Waals surface area contributed by atoms with Gasteiger partial charge in [0.2, 0.25) is 11.9 Å². The van der Waals surface area contributed by atoms with Crippen molar-refractivity contribution >= 4 is 28.8 Å². The molecule has 2 aliphatic rings. The number of hydrogen-bond donors (Lipinski definition) is 4. The highest BCUT2D eigenvalue weighted by atomic mass is 16.3. The van der Waals surface area contributed by atoms with E-state index in [9.17, 15) is 15.0 Å². The van der Waals surface area contributed by atoms with Gasteiger partial charge in [0.25, 0.3) is 5.91 Å². The summed E-state index contributed by atoms with van der Waals surface area (Å²) in [6.45, 7) is 3.33. The Balaban J connectivity index is 1.36. The number of aliphatic hydroxyl groups is 2. The van der Waals surface area contributed by atoms with E-state index in [0.717, 1.165) is 12.8 Å². The highest BCUT2D eigenvalue weighted by Crippen LogP contribution is 2.44. The molecule has 4 unspecified atom stereocenters. The minimum atomic E-state index is -0.943. The molecule has 38 heavy (non-hydrogen) atoms. The lowest BCUT2D eigenvalue weighted by atomic mass is 9.93. The fraction of sp³-hybridized carbons (Fsp3) is 0.370. The van der Waals surface area contributed by atoms with E-state index in [1.807, 2.05) is 35.0 Å². The topological polar surface area (TPSA) is 143 Å². The number of benzene rings is 1. The number of nitrogens with one attached hydrogen (secondary N) is 2. The van der Waals surface area contributed by atoms with Crippen LogP contribution in [0.15, 0.2) is 60.4 Å². The molecular formula is C27H30N8O3. The lowest BCUT2D eigenvalue weighted by Crippen LogP contribution is -2.34. The molecule has 11 nitrogen and oxygen atoms in total. The third-order valence-electron chi connectivity index (χ3n) is 7.28. The number of carbonyl (C=O) groups excluding carboxylic acids is 1. The number of aliphatic hydroxyl groups excluding tert-OH is 2. The number of hydrogen-bond acceptors (Lipinski definition) is 8. The normalized spacial score (nSPS) is 22.1. The van der Waals surface area contributed by atoms with Gasteiger partial charge in [0.15, 0.2) is 17.0 Å². The summed E-state index contributed by atoms with van der Waals surface area (Å²) in [5.41, 5.74) is 2.70. The predicted molar refractivity (Wildman–Crippen MR) is 142 cm³/mol. The zero-order valence-corrected chi connectivity index (χ0v) is 21.0. The summed E-state index contributed by atoms with van der Waals surface area (Å²) >= 11 is 0. The summed E-state index contributed by atoms with van der Waals surface area (Å²) in [5, 5.41) is 31.0. The molecule has 0 spiro atoms. The average Bonchev–Trinajstić information content (AvgIpc) is 3.71. The molecule has 1 saturated carbocycles. The summed E-state index contributed by atoms with van der Waals surface area (Å²) in [7, 11) is 0. The summed E-state index contributed by atoms with van der Waals surface area (Å²) < 4.78 is 3.64. The number of amides is 1. The first-order valence-electron chi connectivity index (χ1n) is 13.0. The van der Waals surface area contributed by atoms with E-state index in [2.05, 4.69) is 39.8 Å². The molecule has 0 saturated heterocycles. The summed E-state index contributed by atoms with van der Waals surface area (Å²) in [4.78, 5) is 27.6. The second-order valence-corrected chi connectivity index (χ2v) is 9.81. The SMILES string of the molecule is CCCn1c(-n2cccn2)nc2c(NC(=O)C3=CC4CC3C(O)C4O)nc(NCCc3ccccc3)nc21. The van der Waals surface area contributed by atoms with Gasteiger partial charge in [-0.05, 0) is 30.9 Å². The van der Waals surface area contributed by atoms with Gasteiger partial charge in [-0.3, -0.25) is 9.36 Å². The fourth-order valence-corrected chi connectivity index (χ4v) is 5.43. The molecule has 196 valence electrons. The van der Waals surface area contributed by atoms with Crippen LogP contribution in [0.1, 0.15) is 25.3 Å². The highest BCUT2D eigenvalue weighted by Gasteiger charge is 2.48. The van der Waals surface area contributed by atoms with Crippen molar-refractivity contribution in [2.75, 3.05) is 17.2 Å².